The van der Waals surface area contributed by atoms with Crippen LogP contribution < -0.4 is 5.32 Å². The number of anilines is 1. The summed E-state index contributed by atoms with van der Waals surface area (Å²) in [6.07, 6.45) is 4.95. The summed E-state index contributed by atoms with van der Waals surface area (Å²) in [7, 11) is 1.85. The molecule has 0 radical (unpaired) electrons. The molecule has 6 heteroatoms. The molecule has 3 rings (SSSR count). The molecule has 0 aromatic carbocycles. The van der Waals surface area contributed by atoms with Crippen LogP contribution in [0.1, 0.15) is 49.9 Å². The summed E-state index contributed by atoms with van der Waals surface area (Å²) in [6.45, 7) is 3.79. The molecule has 120 valence electrons. The fourth-order valence-electron chi connectivity index (χ4n) is 3.79. The lowest BCUT2D eigenvalue weighted by Crippen LogP contribution is -2.43. The Hall–Kier alpha value is -1.85. The van der Waals surface area contributed by atoms with Gasteiger partial charge in [0.25, 0.3) is 0 Å². The molecule has 2 fully saturated rings. The number of ether oxygens (including phenoxy) is 1. The molecule has 1 spiro atoms. The highest BCUT2D eigenvalue weighted by molar-refractivity contribution is 5.97. The van der Waals surface area contributed by atoms with E-state index in [0.717, 1.165) is 49.2 Å². The van der Waals surface area contributed by atoms with Crippen LogP contribution in [0.2, 0.25) is 0 Å². The summed E-state index contributed by atoms with van der Waals surface area (Å²) in [4.78, 5) is 24.6. The molecule has 1 atom stereocenters. The summed E-state index contributed by atoms with van der Waals surface area (Å²) in [5.74, 6) is -0.757. The lowest BCUT2D eigenvalue weighted by atomic mass is 9.75. The van der Waals surface area contributed by atoms with Crippen LogP contribution >= 0.6 is 0 Å². The number of carbonyl (C=O) groups excluding carboxylic acids is 2. The van der Waals surface area contributed by atoms with Gasteiger partial charge in [0.2, 0.25) is 5.91 Å². The quantitative estimate of drug-likeness (QED) is 0.850. The molecule has 22 heavy (non-hydrogen) atoms. The van der Waals surface area contributed by atoms with Crippen molar-refractivity contribution in [2.45, 2.75) is 58.0 Å². The Kier molecular flexibility index (Phi) is 3.70. The van der Waals surface area contributed by atoms with Gasteiger partial charge in [-0.25, -0.2) is 0 Å². The summed E-state index contributed by atoms with van der Waals surface area (Å²) < 4.78 is 7.35. The van der Waals surface area contributed by atoms with Crippen molar-refractivity contribution in [2.24, 2.45) is 13.0 Å². The molecule has 1 aliphatic heterocycles. The molecule has 2 aliphatic rings. The minimum Gasteiger partial charge on any atom is -0.458 e. The van der Waals surface area contributed by atoms with Crippen molar-refractivity contribution in [1.29, 1.82) is 0 Å². The Morgan fingerprint density at radius 3 is 2.59 bits per heavy atom. The molecule has 1 aromatic rings. The third-order valence-electron chi connectivity index (χ3n) is 5.10. The number of hydrogen-bond acceptors (Lipinski definition) is 4. The van der Waals surface area contributed by atoms with E-state index in [2.05, 4.69) is 10.4 Å². The zero-order chi connectivity index (χ0) is 15.9. The van der Waals surface area contributed by atoms with E-state index in [1.54, 1.807) is 4.68 Å². The van der Waals surface area contributed by atoms with Gasteiger partial charge >= 0.3 is 5.97 Å². The predicted molar refractivity (Wildman–Crippen MR) is 81.3 cm³/mol. The van der Waals surface area contributed by atoms with Gasteiger partial charge in [0, 0.05) is 7.05 Å². The number of amides is 1. The van der Waals surface area contributed by atoms with Crippen LogP contribution in [-0.2, 0) is 21.4 Å². The van der Waals surface area contributed by atoms with E-state index in [1.165, 1.54) is 0 Å². The molecule has 1 saturated carbocycles. The third-order valence-corrected chi connectivity index (χ3v) is 5.10. The van der Waals surface area contributed by atoms with E-state index in [0.29, 0.717) is 0 Å². The topological polar surface area (TPSA) is 73.2 Å². The van der Waals surface area contributed by atoms with Gasteiger partial charge in [-0.15, -0.1) is 0 Å². The summed E-state index contributed by atoms with van der Waals surface area (Å²) in [6, 6.07) is 0. The number of rotatable bonds is 2. The highest BCUT2D eigenvalue weighted by atomic mass is 16.6. The highest BCUT2D eigenvalue weighted by Crippen LogP contribution is 2.44. The smallest absolute Gasteiger partial charge is 0.307 e. The summed E-state index contributed by atoms with van der Waals surface area (Å²) in [5, 5.41) is 7.29. The second kappa shape index (κ2) is 5.41. The maximum absolute atomic E-state index is 12.8. The minimum atomic E-state index is -0.580. The van der Waals surface area contributed by atoms with Crippen LogP contribution in [-0.4, -0.2) is 27.3 Å². The molecule has 1 aliphatic carbocycles. The molecule has 0 bridgehead atoms. The van der Waals surface area contributed by atoms with Crippen LogP contribution in [0.4, 0.5) is 5.69 Å². The van der Waals surface area contributed by atoms with Crippen LogP contribution in [0.25, 0.3) is 0 Å². The van der Waals surface area contributed by atoms with Gasteiger partial charge in [0.15, 0.2) is 0 Å². The maximum atomic E-state index is 12.8. The van der Waals surface area contributed by atoms with E-state index in [4.69, 9.17) is 4.74 Å². The van der Waals surface area contributed by atoms with Crippen molar-refractivity contribution in [3.05, 3.63) is 11.4 Å². The van der Waals surface area contributed by atoms with Crippen LogP contribution in [0, 0.1) is 19.8 Å². The first-order valence-electron chi connectivity index (χ1n) is 7.96. The van der Waals surface area contributed by atoms with Crippen molar-refractivity contribution in [2.75, 3.05) is 5.32 Å². The largest absolute Gasteiger partial charge is 0.458 e. The van der Waals surface area contributed by atoms with Gasteiger partial charge < -0.3 is 10.1 Å². The standard InChI is InChI=1S/C16H23N3O3/c1-10-14(11(2)19(3)18-10)17-15(21)12-9-13(20)22-16(12)7-5-4-6-8-16/h12H,4-9H2,1-3H3,(H,17,21)/t12-/m0/s1. The Morgan fingerprint density at radius 1 is 1.32 bits per heavy atom. The number of hydrogen-bond donors (Lipinski definition) is 1. The Bertz CT molecular complexity index is 614. The fraction of sp³-hybridized carbons (Fsp3) is 0.688. The fourth-order valence-corrected chi connectivity index (χ4v) is 3.79. The van der Waals surface area contributed by atoms with Crippen LogP contribution in [0.15, 0.2) is 0 Å². The van der Waals surface area contributed by atoms with Gasteiger partial charge in [-0.05, 0) is 39.5 Å². The highest BCUT2D eigenvalue weighted by Gasteiger charge is 2.52. The maximum Gasteiger partial charge on any atom is 0.307 e. The Balaban J connectivity index is 1.82. The van der Waals surface area contributed by atoms with E-state index < -0.39 is 5.60 Å². The van der Waals surface area contributed by atoms with Gasteiger partial charge in [-0.3, -0.25) is 14.3 Å². The van der Waals surface area contributed by atoms with E-state index in [-0.39, 0.29) is 24.2 Å². The number of carbonyl (C=O) groups is 2. The summed E-state index contributed by atoms with van der Waals surface area (Å²) >= 11 is 0. The lowest BCUT2D eigenvalue weighted by molar-refractivity contribution is -0.153. The Morgan fingerprint density at radius 2 is 2.00 bits per heavy atom. The zero-order valence-corrected chi connectivity index (χ0v) is 13.4. The van der Waals surface area contributed by atoms with Gasteiger partial charge in [-0.2, -0.15) is 5.10 Å². The van der Waals surface area contributed by atoms with Crippen molar-refractivity contribution in [1.82, 2.24) is 9.78 Å². The van der Waals surface area contributed by atoms with Gasteiger partial charge in [-0.1, -0.05) is 6.42 Å². The normalized spacial score (nSPS) is 23.6. The second-order valence-corrected chi connectivity index (χ2v) is 6.51. The molecule has 6 nitrogen and oxygen atoms in total. The second-order valence-electron chi connectivity index (χ2n) is 6.51. The first-order valence-corrected chi connectivity index (χ1v) is 7.96. The molecule has 1 saturated heterocycles. The average molecular weight is 305 g/mol. The molecular formula is C16H23N3O3. The first-order chi connectivity index (χ1) is 10.4. The number of nitrogens with zero attached hydrogens (tertiary/aromatic N) is 2. The predicted octanol–water partition coefficient (Wildman–Crippen LogP) is 2.24. The van der Waals surface area contributed by atoms with Gasteiger partial charge in [0.05, 0.1) is 29.4 Å². The third kappa shape index (κ3) is 2.40. The van der Waals surface area contributed by atoms with Crippen LogP contribution in [0.5, 0.6) is 0 Å². The molecule has 0 unspecified atom stereocenters. The zero-order valence-electron chi connectivity index (χ0n) is 13.4. The van der Waals surface area contributed by atoms with E-state index in [9.17, 15) is 9.59 Å². The molecule has 1 amide bonds. The van der Waals surface area contributed by atoms with E-state index in [1.807, 2.05) is 20.9 Å². The number of aromatic nitrogens is 2. The summed E-state index contributed by atoms with van der Waals surface area (Å²) in [5.41, 5.74) is 1.87. The molecule has 1 aromatic heterocycles. The monoisotopic (exact) mass is 305 g/mol. The molecular weight excluding hydrogens is 282 g/mol. The number of esters is 1. The first kappa shape index (κ1) is 15.1. The molecule has 1 N–H and O–H groups in total. The SMILES string of the molecule is Cc1nn(C)c(C)c1NC(=O)[C@@H]1CC(=O)OC12CCCCC2. The van der Waals surface area contributed by atoms with Crippen molar-refractivity contribution >= 4 is 17.6 Å². The van der Waals surface area contributed by atoms with Crippen LogP contribution in [0.3, 0.4) is 0 Å². The van der Waals surface area contributed by atoms with Gasteiger partial charge in [0.1, 0.15) is 5.60 Å². The number of aryl methyl sites for hydroxylation is 2. The van der Waals surface area contributed by atoms with Crippen molar-refractivity contribution < 1.29 is 14.3 Å². The molecule has 2 heterocycles. The Labute approximate surface area is 130 Å². The lowest BCUT2D eigenvalue weighted by Gasteiger charge is -2.36. The number of nitrogens with one attached hydrogen (secondary N) is 1. The van der Waals surface area contributed by atoms with E-state index >= 15 is 0 Å². The average Bonchev–Trinajstić information content (AvgIpc) is 2.91. The van der Waals surface area contributed by atoms with Crippen molar-refractivity contribution in [3.8, 4) is 0 Å². The minimum absolute atomic E-state index is 0.119. The van der Waals surface area contributed by atoms with Crippen molar-refractivity contribution in [3.63, 3.8) is 0 Å².